The zero-order chi connectivity index (χ0) is 36.0. The van der Waals surface area contributed by atoms with Crippen molar-refractivity contribution in [2.75, 3.05) is 25.6 Å². The molecule has 2 aromatic heterocycles. The molecule has 0 amide bonds. The molecule has 1 saturated heterocycles. The first-order chi connectivity index (χ1) is 22.4. The molecule has 0 aliphatic carbocycles. The molecule has 0 saturated carbocycles. The number of aliphatic hydroxyl groups is 2. The maximum atomic E-state index is 14.6. The topological polar surface area (TPSA) is 232 Å². The quantitative estimate of drug-likeness (QED) is 0.111. The van der Waals surface area contributed by atoms with E-state index in [1.165, 1.54) is 17.8 Å². The van der Waals surface area contributed by atoms with Crippen molar-refractivity contribution in [2.24, 2.45) is 11.8 Å². The monoisotopic (exact) mass is 701 g/mol. The van der Waals surface area contributed by atoms with E-state index in [0.717, 1.165) is 0 Å². The van der Waals surface area contributed by atoms with Crippen LogP contribution in [0.25, 0.3) is 11.2 Å². The van der Waals surface area contributed by atoms with Gasteiger partial charge in [0.1, 0.15) is 29.9 Å². The van der Waals surface area contributed by atoms with E-state index in [-0.39, 0.29) is 67.0 Å². The van der Waals surface area contributed by atoms with Crippen molar-refractivity contribution in [2.45, 2.75) is 117 Å². The normalized spacial score (nSPS) is 23.8. The highest BCUT2D eigenvalue weighted by atomic mass is 31.2. The van der Waals surface area contributed by atoms with E-state index in [9.17, 15) is 24.4 Å². The summed E-state index contributed by atoms with van der Waals surface area (Å²) in [7, 11) is -4.31. The minimum Gasteiger partial charge on any atom is -0.473 e. The number of esters is 2. The molecule has 4 unspecified atom stereocenters. The minimum absolute atomic E-state index is 0.0120. The second-order valence-electron chi connectivity index (χ2n) is 13.0. The van der Waals surface area contributed by atoms with Gasteiger partial charge >= 0.3 is 19.6 Å². The number of rotatable bonds is 18. The van der Waals surface area contributed by atoms with Crippen LogP contribution in [0.4, 0.5) is 5.95 Å². The fourth-order valence-electron chi connectivity index (χ4n) is 5.29. The van der Waals surface area contributed by atoms with E-state index in [1.54, 1.807) is 13.8 Å². The average Bonchev–Trinajstić information content (AvgIpc) is 3.48. The van der Waals surface area contributed by atoms with E-state index >= 15 is 0 Å². The summed E-state index contributed by atoms with van der Waals surface area (Å²) in [4.78, 5) is 38.6. The number of nitrogens with two attached hydrogens (primary N) is 1. The summed E-state index contributed by atoms with van der Waals surface area (Å²) >= 11 is 0. The molecule has 6 atom stereocenters. The first kappa shape index (κ1) is 39.5. The lowest BCUT2D eigenvalue weighted by atomic mass is 9.96. The van der Waals surface area contributed by atoms with E-state index in [1.807, 2.05) is 41.5 Å². The zero-order valence-corrected chi connectivity index (χ0v) is 30.1. The Morgan fingerprint density at radius 3 is 2.06 bits per heavy atom. The Kier molecular flexibility index (Phi) is 13.7. The highest BCUT2D eigenvalue weighted by Gasteiger charge is 2.54. The zero-order valence-electron chi connectivity index (χ0n) is 29.2. The highest BCUT2D eigenvalue weighted by Crippen LogP contribution is 2.45. The van der Waals surface area contributed by atoms with Crippen molar-refractivity contribution in [3.05, 3.63) is 6.33 Å². The van der Waals surface area contributed by atoms with Gasteiger partial charge in [-0.1, -0.05) is 27.7 Å². The lowest BCUT2D eigenvalue weighted by Gasteiger charge is -2.30. The molecule has 1 aliphatic rings. The van der Waals surface area contributed by atoms with E-state index in [0.29, 0.717) is 0 Å². The number of aromatic nitrogens is 4. The summed E-state index contributed by atoms with van der Waals surface area (Å²) in [5, 5.41) is 28.3. The number of carbonyl (C=O) groups excluding carboxylic acids is 2. The first-order valence-corrected chi connectivity index (χ1v) is 17.9. The Morgan fingerprint density at radius 2 is 1.58 bits per heavy atom. The molecule has 48 heavy (non-hydrogen) atoms. The largest absolute Gasteiger partial charge is 0.473 e. The number of nitrogen functional groups attached to an aromatic ring is 1. The van der Waals surface area contributed by atoms with Crippen LogP contribution in [-0.4, -0.2) is 97.5 Å². The van der Waals surface area contributed by atoms with Gasteiger partial charge in [-0.15, -0.1) is 0 Å². The van der Waals surface area contributed by atoms with Gasteiger partial charge in [0, 0.05) is 0 Å². The number of nitrogens with one attached hydrogen (secondary N) is 2. The molecule has 0 radical (unpaired) electrons. The highest BCUT2D eigenvalue weighted by molar-refractivity contribution is 7.54. The average molecular weight is 702 g/mol. The first-order valence-electron chi connectivity index (χ1n) is 16.3. The Morgan fingerprint density at radius 1 is 1.04 bits per heavy atom. The molecule has 2 aromatic rings. The standard InChI is InChI=1S/C30H52N7O10P/c1-10-43-26(39)19(12-16(3)4)35-48(42,36-20(13-17(5)6)27(40)44-11-2)45-14-21-23(38)30(9,41)28(47-21)37-15-32-22-24(37)33-29(31)34-25(22)46-18(7)8/h15-21,23,28,38,41H,10-14H2,1-9H3,(H2,31,33,34)(H2,35,36,42)/t19?,20?,21-,23?,28-,30?,48?/m1/s1. The van der Waals surface area contributed by atoms with Gasteiger partial charge in [-0.2, -0.15) is 9.97 Å². The molecule has 1 aliphatic heterocycles. The summed E-state index contributed by atoms with van der Waals surface area (Å²) in [6, 6.07) is -2.14. The van der Waals surface area contributed by atoms with Gasteiger partial charge in [0.05, 0.1) is 32.3 Å². The van der Waals surface area contributed by atoms with Crippen molar-refractivity contribution in [1.82, 2.24) is 29.7 Å². The minimum atomic E-state index is -4.31. The third-order valence-electron chi connectivity index (χ3n) is 7.39. The number of hydrogen-bond acceptors (Lipinski definition) is 14. The van der Waals surface area contributed by atoms with Crippen LogP contribution >= 0.6 is 7.67 Å². The van der Waals surface area contributed by atoms with Crippen molar-refractivity contribution in [3.63, 3.8) is 0 Å². The van der Waals surface area contributed by atoms with Crippen LogP contribution in [0.1, 0.15) is 81.4 Å². The van der Waals surface area contributed by atoms with Crippen molar-refractivity contribution in [1.29, 1.82) is 0 Å². The van der Waals surface area contributed by atoms with Gasteiger partial charge in [-0.3, -0.25) is 18.7 Å². The smallest absolute Gasteiger partial charge is 0.342 e. The number of imidazole rings is 1. The Balaban J connectivity index is 1.95. The van der Waals surface area contributed by atoms with Gasteiger partial charge < -0.3 is 39.4 Å². The second kappa shape index (κ2) is 16.7. The third kappa shape index (κ3) is 9.83. The predicted molar refractivity (Wildman–Crippen MR) is 176 cm³/mol. The van der Waals surface area contributed by atoms with Gasteiger partial charge in [0.2, 0.25) is 11.8 Å². The van der Waals surface area contributed by atoms with Gasteiger partial charge in [-0.25, -0.2) is 15.2 Å². The number of fused-ring (bicyclic) bond motifs is 1. The lowest BCUT2D eigenvalue weighted by Crippen LogP contribution is -2.47. The lowest BCUT2D eigenvalue weighted by molar-refractivity contribution is -0.146. The Labute approximate surface area is 281 Å². The molecule has 6 N–H and O–H groups in total. The fraction of sp³-hybridized carbons (Fsp3) is 0.767. The van der Waals surface area contributed by atoms with E-state index in [4.69, 9.17) is 29.2 Å². The summed E-state index contributed by atoms with van der Waals surface area (Å²) < 4.78 is 44.2. The second-order valence-corrected chi connectivity index (χ2v) is 14.9. The molecular weight excluding hydrogens is 649 g/mol. The van der Waals surface area contributed by atoms with Crippen LogP contribution < -0.4 is 20.6 Å². The van der Waals surface area contributed by atoms with Crippen LogP contribution in [0.5, 0.6) is 5.88 Å². The van der Waals surface area contributed by atoms with Gasteiger partial charge in [0.15, 0.2) is 17.4 Å². The van der Waals surface area contributed by atoms with Crippen LogP contribution in [0.15, 0.2) is 6.33 Å². The van der Waals surface area contributed by atoms with Crippen molar-refractivity contribution < 1.29 is 47.8 Å². The number of anilines is 1. The summed E-state index contributed by atoms with van der Waals surface area (Å²) in [6.45, 7) is 15.5. The van der Waals surface area contributed by atoms with Crippen LogP contribution in [0, 0.1) is 11.8 Å². The summed E-state index contributed by atoms with van der Waals surface area (Å²) in [6.07, 6.45) is -2.48. The van der Waals surface area contributed by atoms with Crippen LogP contribution in [0.2, 0.25) is 0 Å². The molecule has 0 spiro atoms. The SMILES string of the molecule is CCOC(=O)C(CC(C)C)NP(=O)(NC(CC(C)C)C(=O)OCC)OC[C@H]1O[C@@H](n2cnc3c(OC(C)C)nc(N)nc32)C(C)(O)C1O. The molecule has 1 fully saturated rings. The molecular formula is C30H52N7O10P. The van der Waals surface area contributed by atoms with Crippen molar-refractivity contribution >= 4 is 36.7 Å². The molecule has 18 heteroatoms. The van der Waals surface area contributed by atoms with Crippen molar-refractivity contribution in [3.8, 4) is 5.88 Å². The number of hydrogen-bond donors (Lipinski definition) is 5. The predicted octanol–water partition coefficient (Wildman–Crippen LogP) is 2.46. The third-order valence-corrected chi connectivity index (χ3v) is 9.21. The fourth-order valence-corrected chi connectivity index (χ4v) is 7.12. The van der Waals surface area contributed by atoms with Gasteiger partial charge in [0.25, 0.3) is 0 Å². The maximum absolute atomic E-state index is 14.6. The van der Waals surface area contributed by atoms with Crippen LogP contribution in [0.3, 0.4) is 0 Å². The van der Waals surface area contributed by atoms with Gasteiger partial charge in [-0.05, 0) is 59.3 Å². The molecule has 0 aromatic carbocycles. The Bertz CT molecular complexity index is 1400. The number of nitrogens with zero attached hydrogens (tertiary/aromatic N) is 4. The van der Waals surface area contributed by atoms with Crippen LogP contribution in [-0.2, 0) is 32.9 Å². The maximum Gasteiger partial charge on any atom is 0.342 e. The van der Waals surface area contributed by atoms with E-state index < -0.39 is 62.3 Å². The Hall–Kier alpha value is -2.92. The number of aliphatic hydroxyl groups excluding tert-OH is 1. The summed E-state index contributed by atoms with van der Waals surface area (Å²) in [5.41, 5.74) is 4.45. The summed E-state index contributed by atoms with van der Waals surface area (Å²) in [5.74, 6) is -1.29. The molecule has 17 nitrogen and oxygen atoms in total. The molecule has 3 heterocycles. The van der Waals surface area contributed by atoms with E-state index in [2.05, 4.69) is 25.1 Å². The molecule has 3 rings (SSSR count). The number of ether oxygens (including phenoxy) is 4. The molecule has 0 bridgehead atoms. The number of carbonyl (C=O) groups is 2. The molecule has 272 valence electrons.